The lowest BCUT2D eigenvalue weighted by molar-refractivity contribution is -0.128. The average molecular weight is 337 g/mol. The molecule has 1 aliphatic rings. The van der Waals surface area contributed by atoms with Crippen LogP contribution in [0.1, 0.15) is 45.1 Å². The molecule has 1 aliphatic carbocycles. The van der Waals surface area contributed by atoms with E-state index < -0.39 is 0 Å². The molecular formula is C18H25ClN2O2. The topological polar surface area (TPSA) is 58.2 Å². The fourth-order valence-electron chi connectivity index (χ4n) is 3.00. The van der Waals surface area contributed by atoms with E-state index in [9.17, 15) is 9.59 Å². The smallest absolute Gasteiger partial charge is 0.227 e. The third-order valence-electron chi connectivity index (χ3n) is 4.43. The van der Waals surface area contributed by atoms with Gasteiger partial charge < -0.3 is 10.6 Å². The van der Waals surface area contributed by atoms with Gasteiger partial charge in [0.1, 0.15) is 0 Å². The van der Waals surface area contributed by atoms with Gasteiger partial charge in [0.15, 0.2) is 0 Å². The zero-order valence-corrected chi connectivity index (χ0v) is 14.7. The molecular weight excluding hydrogens is 312 g/mol. The summed E-state index contributed by atoms with van der Waals surface area (Å²) in [6.45, 7) is 5.82. The van der Waals surface area contributed by atoms with Crippen LogP contribution in [0.15, 0.2) is 18.2 Å². The number of amides is 2. The summed E-state index contributed by atoms with van der Waals surface area (Å²) in [5.41, 5.74) is 1.65. The highest BCUT2D eigenvalue weighted by atomic mass is 35.5. The van der Waals surface area contributed by atoms with E-state index in [1.807, 2.05) is 39.0 Å². The number of benzene rings is 1. The number of carbonyl (C=O) groups is 2. The van der Waals surface area contributed by atoms with Crippen LogP contribution in [0.3, 0.4) is 0 Å². The quantitative estimate of drug-likeness (QED) is 0.875. The van der Waals surface area contributed by atoms with Crippen LogP contribution in [-0.4, -0.2) is 17.9 Å². The molecule has 0 spiro atoms. The summed E-state index contributed by atoms with van der Waals surface area (Å²) in [6, 6.07) is 5.67. The molecule has 0 unspecified atom stereocenters. The molecule has 2 amide bonds. The summed E-state index contributed by atoms with van der Waals surface area (Å²) in [4.78, 5) is 24.5. The Labute approximate surface area is 143 Å². The van der Waals surface area contributed by atoms with Gasteiger partial charge in [0.05, 0.1) is 0 Å². The summed E-state index contributed by atoms with van der Waals surface area (Å²) in [7, 11) is 0. The van der Waals surface area contributed by atoms with Gasteiger partial charge in [0.25, 0.3) is 0 Å². The van der Waals surface area contributed by atoms with Gasteiger partial charge >= 0.3 is 0 Å². The Bertz CT molecular complexity index is 578. The van der Waals surface area contributed by atoms with Crippen LogP contribution in [-0.2, 0) is 9.59 Å². The molecule has 2 rings (SSSR count). The van der Waals surface area contributed by atoms with Crippen molar-refractivity contribution in [3.63, 3.8) is 0 Å². The second-order valence-corrected chi connectivity index (χ2v) is 7.02. The van der Waals surface area contributed by atoms with Crippen LogP contribution in [0.25, 0.3) is 0 Å². The molecule has 1 aromatic carbocycles. The molecule has 0 saturated heterocycles. The Morgan fingerprint density at radius 3 is 2.22 bits per heavy atom. The molecule has 1 aromatic rings. The normalized spacial score (nSPS) is 21.1. The number of nitrogens with one attached hydrogen (secondary N) is 2. The first-order chi connectivity index (χ1) is 10.9. The Morgan fingerprint density at radius 2 is 1.65 bits per heavy atom. The van der Waals surface area contributed by atoms with Gasteiger partial charge in [-0.3, -0.25) is 9.59 Å². The zero-order chi connectivity index (χ0) is 17.0. The van der Waals surface area contributed by atoms with Crippen LogP contribution >= 0.6 is 11.6 Å². The van der Waals surface area contributed by atoms with Crippen molar-refractivity contribution in [1.29, 1.82) is 0 Å². The van der Waals surface area contributed by atoms with E-state index in [2.05, 4.69) is 10.6 Å². The highest BCUT2D eigenvalue weighted by Gasteiger charge is 2.30. The number of anilines is 1. The van der Waals surface area contributed by atoms with E-state index in [0.717, 1.165) is 36.9 Å². The fraction of sp³-hybridized carbons (Fsp3) is 0.556. The monoisotopic (exact) mass is 336 g/mol. The third kappa shape index (κ3) is 4.71. The second-order valence-electron chi connectivity index (χ2n) is 6.61. The summed E-state index contributed by atoms with van der Waals surface area (Å²) in [5, 5.41) is 6.58. The molecule has 0 heterocycles. The minimum atomic E-state index is -0.0310. The average Bonchev–Trinajstić information content (AvgIpc) is 2.51. The number of hydrogen-bond donors (Lipinski definition) is 2. The number of rotatable bonds is 4. The van der Waals surface area contributed by atoms with E-state index in [0.29, 0.717) is 5.02 Å². The highest BCUT2D eigenvalue weighted by Crippen LogP contribution is 2.31. The Kier molecular flexibility index (Phi) is 6.05. The van der Waals surface area contributed by atoms with E-state index in [1.165, 1.54) is 0 Å². The van der Waals surface area contributed by atoms with E-state index in [1.54, 1.807) is 0 Å². The van der Waals surface area contributed by atoms with Crippen molar-refractivity contribution in [2.45, 2.75) is 52.5 Å². The Morgan fingerprint density at radius 1 is 1.09 bits per heavy atom. The molecule has 1 fully saturated rings. The lowest BCUT2D eigenvalue weighted by Gasteiger charge is -2.27. The largest absolute Gasteiger partial charge is 0.354 e. The van der Waals surface area contributed by atoms with Crippen molar-refractivity contribution in [3.05, 3.63) is 28.8 Å². The molecule has 0 aromatic heterocycles. The first kappa shape index (κ1) is 17.8. The molecule has 5 heteroatoms. The van der Waals surface area contributed by atoms with Gasteiger partial charge in [-0.15, -0.1) is 0 Å². The molecule has 0 atom stereocenters. The third-order valence-corrected chi connectivity index (χ3v) is 4.83. The van der Waals surface area contributed by atoms with Crippen LogP contribution in [0.2, 0.25) is 5.02 Å². The summed E-state index contributed by atoms with van der Waals surface area (Å²) < 4.78 is 0. The summed E-state index contributed by atoms with van der Waals surface area (Å²) >= 11 is 6.08. The van der Waals surface area contributed by atoms with Crippen molar-refractivity contribution < 1.29 is 9.59 Å². The Balaban J connectivity index is 1.89. The van der Waals surface area contributed by atoms with Crippen molar-refractivity contribution in [2.75, 3.05) is 5.32 Å². The minimum Gasteiger partial charge on any atom is -0.354 e. The molecule has 23 heavy (non-hydrogen) atoms. The van der Waals surface area contributed by atoms with Crippen LogP contribution < -0.4 is 10.6 Å². The molecule has 0 bridgehead atoms. The Hall–Kier alpha value is -1.55. The molecule has 4 nitrogen and oxygen atoms in total. The molecule has 1 saturated carbocycles. The maximum atomic E-state index is 12.4. The second kappa shape index (κ2) is 7.82. The molecule has 0 aliphatic heterocycles. The van der Waals surface area contributed by atoms with Gasteiger partial charge in [0, 0.05) is 28.6 Å². The van der Waals surface area contributed by atoms with E-state index in [4.69, 9.17) is 11.6 Å². The lowest BCUT2D eigenvalue weighted by atomic mass is 9.81. The predicted octanol–water partition coefficient (Wildman–Crippen LogP) is 3.92. The van der Waals surface area contributed by atoms with Gasteiger partial charge in [-0.05, 0) is 64.2 Å². The zero-order valence-electron chi connectivity index (χ0n) is 14.0. The minimum absolute atomic E-state index is 0.0260. The van der Waals surface area contributed by atoms with Crippen LogP contribution in [0, 0.1) is 18.8 Å². The SMILES string of the molecule is Cc1c(Cl)cccc1NC(=O)C1CCC(C(=O)NC(C)C)CC1. The first-order valence-electron chi connectivity index (χ1n) is 8.24. The number of halogens is 1. The van der Waals surface area contributed by atoms with E-state index >= 15 is 0 Å². The highest BCUT2D eigenvalue weighted by molar-refractivity contribution is 6.31. The predicted molar refractivity (Wildman–Crippen MR) is 93.5 cm³/mol. The lowest BCUT2D eigenvalue weighted by Crippen LogP contribution is -2.38. The van der Waals surface area contributed by atoms with Gasteiger partial charge in [-0.1, -0.05) is 17.7 Å². The molecule has 0 radical (unpaired) electrons. The van der Waals surface area contributed by atoms with Crippen molar-refractivity contribution in [2.24, 2.45) is 11.8 Å². The fourth-order valence-corrected chi connectivity index (χ4v) is 3.17. The standard InChI is InChI=1S/C18H25ClN2O2/c1-11(2)20-17(22)13-7-9-14(10-8-13)18(23)21-16-6-4-5-15(19)12(16)3/h4-6,11,13-14H,7-10H2,1-3H3,(H,20,22)(H,21,23). The summed E-state index contributed by atoms with van der Waals surface area (Å²) in [5.74, 6) is 0.147. The van der Waals surface area contributed by atoms with Crippen LogP contribution in [0.4, 0.5) is 5.69 Å². The van der Waals surface area contributed by atoms with Crippen molar-refractivity contribution in [1.82, 2.24) is 5.32 Å². The molecule has 126 valence electrons. The number of hydrogen-bond acceptors (Lipinski definition) is 2. The number of carbonyl (C=O) groups excluding carboxylic acids is 2. The maximum Gasteiger partial charge on any atom is 0.227 e. The van der Waals surface area contributed by atoms with Crippen LogP contribution in [0.5, 0.6) is 0 Å². The first-order valence-corrected chi connectivity index (χ1v) is 8.62. The van der Waals surface area contributed by atoms with E-state index in [-0.39, 0.29) is 29.7 Å². The van der Waals surface area contributed by atoms with Gasteiger partial charge in [0.2, 0.25) is 11.8 Å². The van der Waals surface area contributed by atoms with Crippen molar-refractivity contribution in [3.8, 4) is 0 Å². The molecule has 2 N–H and O–H groups in total. The van der Waals surface area contributed by atoms with Crippen molar-refractivity contribution >= 4 is 29.1 Å². The maximum absolute atomic E-state index is 12.4. The summed E-state index contributed by atoms with van der Waals surface area (Å²) in [6.07, 6.45) is 3.04. The van der Waals surface area contributed by atoms with Gasteiger partial charge in [-0.25, -0.2) is 0 Å². The van der Waals surface area contributed by atoms with Gasteiger partial charge in [-0.2, -0.15) is 0 Å².